The van der Waals surface area contributed by atoms with Crippen LogP contribution in [-0.4, -0.2) is 80.1 Å². The molecule has 1 spiro atoms. The van der Waals surface area contributed by atoms with E-state index in [4.69, 9.17) is 16.2 Å². The molecule has 1 fully saturated rings. The summed E-state index contributed by atoms with van der Waals surface area (Å²) in [5.74, 6) is -3.26. The number of hydrogen-bond donors (Lipinski definition) is 7. The number of benzene rings is 1. The summed E-state index contributed by atoms with van der Waals surface area (Å²) in [7, 11) is 0. The third-order valence-corrected chi connectivity index (χ3v) is 5.88. The Morgan fingerprint density at radius 3 is 2.62 bits per heavy atom. The topological polar surface area (TPSA) is 178 Å². The molecule has 0 saturated carbocycles. The summed E-state index contributed by atoms with van der Waals surface area (Å²) in [6.45, 7) is 1.43. The maximum Gasteiger partial charge on any atom is 0.346 e. The van der Waals surface area contributed by atoms with E-state index >= 15 is 0 Å². The Morgan fingerprint density at radius 2 is 2.00 bits per heavy atom. The molecule has 5 atom stereocenters. The van der Waals surface area contributed by atoms with E-state index in [9.17, 15) is 20.1 Å². The summed E-state index contributed by atoms with van der Waals surface area (Å²) >= 11 is 0. The summed E-state index contributed by atoms with van der Waals surface area (Å²) < 4.78 is 7.10. The van der Waals surface area contributed by atoms with Crippen LogP contribution in [0.1, 0.15) is 23.7 Å². The van der Waals surface area contributed by atoms with Gasteiger partial charge >= 0.3 is 11.9 Å². The lowest BCUT2D eigenvalue weighted by molar-refractivity contribution is -0.649. The molecule has 0 radical (unpaired) electrons. The fourth-order valence-electron chi connectivity index (χ4n) is 4.67. The monoisotopic (exact) mass is 405 g/mol. The molecule has 1 saturated heterocycles. The van der Waals surface area contributed by atoms with E-state index in [0.29, 0.717) is 6.42 Å². The van der Waals surface area contributed by atoms with Gasteiger partial charge in [-0.25, -0.2) is 14.4 Å². The van der Waals surface area contributed by atoms with E-state index in [0.717, 1.165) is 0 Å². The van der Waals surface area contributed by atoms with Gasteiger partial charge in [-0.3, -0.25) is 11.1 Å². The van der Waals surface area contributed by atoms with Crippen LogP contribution in [0.5, 0.6) is 0 Å². The zero-order valence-electron chi connectivity index (χ0n) is 15.8. The lowest BCUT2D eigenvalue weighted by atomic mass is 9.86. The highest BCUT2D eigenvalue weighted by Gasteiger charge is 2.78. The summed E-state index contributed by atoms with van der Waals surface area (Å²) in [6, 6.07) is 5.95. The molecule has 0 amide bonds. The Balaban J connectivity index is 1.80. The van der Waals surface area contributed by atoms with Gasteiger partial charge in [0.1, 0.15) is 12.1 Å². The van der Waals surface area contributed by atoms with Crippen molar-refractivity contribution in [3.63, 3.8) is 0 Å². The zero-order chi connectivity index (χ0) is 21.0. The van der Waals surface area contributed by atoms with Gasteiger partial charge < -0.3 is 31.1 Å². The highest BCUT2D eigenvalue weighted by Crippen LogP contribution is 2.46. The number of aliphatic hydroxyl groups is 3. The number of ether oxygens (including phenoxy) is 1. The van der Waals surface area contributed by atoms with Crippen molar-refractivity contribution in [2.75, 3.05) is 6.61 Å². The van der Waals surface area contributed by atoms with Crippen molar-refractivity contribution >= 4 is 17.9 Å². The number of aliphatic imine (C=N–C) groups is 1. The third-order valence-electron chi connectivity index (χ3n) is 5.88. The van der Waals surface area contributed by atoms with Gasteiger partial charge in [-0.05, 0) is 18.6 Å². The Bertz CT molecular complexity index is 888. The van der Waals surface area contributed by atoms with Crippen molar-refractivity contribution in [3.05, 3.63) is 35.9 Å². The number of rotatable bonds is 4. The predicted molar refractivity (Wildman–Crippen MR) is 102 cm³/mol. The first-order chi connectivity index (χ1) is 13.8. The number of nitrogens with zero attached hydrogens (tertiary/aromatic N) is 2. The van der Waals surface area contributed by atoms with Crippen LogP contribution < -0.4 is 22.1 Å². The van der Waals surface area contributed by atoms with Crippen LogP contribution in [0.25, 0.3) is 0 Å². The maximum absolute atomic E-state index is 12.7. The molecule has 3 aliphatic rings. The van der Waals surface area contributed by atoms with Crippen LogP contribution in [0.4, 0.5) is 0 Å². The third kappa shape index (κ3) is 2.51. The van der Waals surface area contributed by atoms with Gasteiger partial charge in [0.15, 0.2) is 18.1 Å². The maximum atomic E-state index is 12.7. The van der Waals surface area contributed by atoms with E-state index < -0.39 is 41.6 Å². The van der Waals surface area contributed by atoms with E-state index in [-0.39, 0.29) is 24.1 Å². The molecular formula is C18H25N6O5+. The zero-order valence-corrected chi connectivity index (χ0v) is 15.8. The first-order valence-electron chi connectivity index (χ1n) is 9.39. The van der Waals surface area contributed by atoms with Crippen LogP contribution in [-0.2, 0) is 4.74 Å². The number of nitrogens with one attached hydrogen (secondary N) is 2. The minimum Gasteiger partial charge on any atom is -0.449 e. The molecule has 29 heavy (non-hydrogen) atoms. The van der Waals surface area contributed by atoms with Gasteiger partial charge in [0.25, 0.3) is 5.79 Å². The van der Waals surface area contributed by atoms with Gasteiger partial charge in [-0.1, -0.05) is 25.1 Å². The molecule has 3 aliphatic heterocycles. The average Bonchev–Trinajstić information content (AvgIpc) is 3.15. The summed E-state index contributed by atoms with van der Waals surface area (Å²) in [5.41, 5.74) is 10.6. The molecule has 11 nitrogen and oxygen atoms in total. The largest absolute Gasteiger partial charge is 0.449 e. The van der Waals surface area contributed by atoms with Crippen LogP contribution >= 0.6 is 0 Å². The van der Waals surface area contributed by atoms with Gasteiger partial charge in [-0.2, -0.15) is 0 Å². The average molecular weight is 405 g/mol. The predicted octanol–water partition coefficient (Wildman–Crippen LogP) is -3.04. The molecule has 0 aromatic heterocycles. The molecule has 0 bridgehead atoms. The number of guanidine groups is 2. The number of aliphatic hydroxyl groups excluding tert-OH is 1. The number of esters is 1. The van der Waals surface area contributed by atoms with Crippen molar-refractivity contribution in [1.29, 1.82) is 0 Å². The minimum absolute atomic E-state index is 0.0349. The SMILES string of the molecule is CC[C@@H]1C(OC(=O)c2ccccc2)C(O)(O)C23NC(N)=NC2[C@H](CO)NC(N)=[N+]13. The minimum atomic E-state index is -2.62. The first-order valence-corrected chi connectivity index (χ1v) is 9.39. The van der Waals surface area contributed by atoms with E-state index in [2.05, 4.69) is 15.6 Å². The normalized spacial score (nSPS) is 34.6. The number of nitrogens with two attached hydrogens (primary N) is 2. The van der Waals surface area contributed by atoms with Gasteiger partial charge in [0, 0.05) is 0 Å². The van der Waals surface area contributed by atoms with E-state index in [1.165, 1.54) is 4.58 Å². The molecule has 11 heteroatoms. The van der Waals surface area contributed by atoms with Crippen LogP contribution in [0.3, 0.4) is 0 Å². The molecule has 0 aliphatic carbocycles. The fourth-order valence-corrected chi connectivity index (χ4v) is 4.67. The Hall–Kier alpha value is -2.89. The molecule has 1 aromatic rings. The van der Waals surface area contributed by atoms with Crippen molar-refractivity contribution in [3.8, 4) is 0 Å². The van der Waals surface area contributed by atoms with E-state index in [1.54, 1.807) is 30.3 Å². The van der Waals surface area contributed by atoms with Gasteiger partial charge in [0.2, 0.25) is 5.66 Å². The van der Waals surface area contributed by atoms with Crippen molar-refractivity contribution in [2.45, 2.75) is 49.0 Å². The molecule has 1 aromatic carbocycles. The summed E-state index contributed by atoms with van der Waals surface area (Å²) in [4.78, 5) is 16.9. The van der Waals surface area contributed by atoms with Crippen molar-refractivity contribution < 1.29 is 29.4 Å². The standard InChI is InChI=1S/C18H24N6O5/c1-2-11-13(29-14(26)9-6-4-3-5-7-9)18(27,28)17-12(22-15(19)23-17)10(8-25)21-16(20)24(11)17/h3-7,10-13,25,27-28H,2,8H2,1H3,(H5,19,20,21,22,23)/p+1/t10-,11+,12?,13?,17?/m0/s1. The Morgan fingerprint density at radius 1 is 1.31 bits per heavy atom. The second kappa shape index (κ2) is 6.58. The summed E-state index contributed by atoms with van der Waals surface area (Å²) in [5, 5.41) is 38.2. The second-order valence-corrected chi connectivity index (χ2v) is 7.43. The molecule has 3 heterocycles. The number of carbonyl (C=O) groups is 1. The van der Waals surface area contributed by atoms with Crippen molar-refractivity contribution in [2.24, 2.45) is 16.5 Å². The lowest BCUT2D eigenvalue weighted by Gasteiger charge is -2.43. The molecule has 9 N–H and O–H groups in total. The lowest BCUT2D eigenvalue weighted by Crippen LogP contribution is -2.78. The highest BCUT2D eigenvalue weighted by molar-refractivity contribution is 5.89. The van der Waals surface area contributed by atoms with Crippen LogP contribution in [0.2, 0.25) is 0 Å². The van der Waals surface area contributed by atoms with Crippen molar-refractivity contribution in [1.82, 2.24) is 10.6 Å². The van der Waals surface area contributed by atoms with E-state index in [1.807, 2.05) is 6.92 Å². The molecule has 156 valence electrons. The number of carbonyl (C=O) groups excluding carboxylic acids is 1. The number of hydrogen-bond acceptors (Lipinski definition) is 10. The fraction of sp³-hybridized carbons (Fsp3) is 0.500. The molecule has 4 rings (SSSR count). The molecular weight excluding hydrogens is 380 g/mol. The quantitative estimate of drug-likeness (QED) is 0.156. The van der Waals surface area contributed by atoms with Gasteiger partial charge in [0.05, 0.1) is 12.2 Å². The smallest absolute Gasteiger partial charge is 0.346 e. The Kier molecular flexibility index (Phi) is 4.41. The molecule has 3 unspecified atom stereocenters. The first kappa shape index (κ1) is 19.4. The highest BCUT2D eigenvalue weighted by atomic mass is 16.6. The van der Waals surface area contributed by atoms with Crippen LogP contribution in [0, 0.1) is 0 Å². The van der Waals surface area contributed by atoms with Crippen LogP contribution in [0.15, 0.2) is 35.3 Å². The summed E-state index contributed by atoms with van der Waals surface area (Å²) in [6.07, 6.45) is -0.994. The second-order valence-electron chi connectivity index (χ2n) is 7.43. The van der Waals surface area contributed by atoms with Gasteiger partial charge in [-0.15, -0.1) is 0 Å². The Labute approximate surface area is 166 Å².